The molecule has 102 valence electrons. The average molecular weight is 257 g/mol. The molecule has 0 aliphatic rings. The molecule has 1 N–H and O–H groups in total. The van der Waals surface area contributed by atoms with E-state index in [2.05, 4.69) is 0 Å². The van der Waals surface area contributed by atoms with Gasteiger partial charge in [-0.2, -0.15) is 0 Å². The third kappa shape index (κ3) is 3.94. The van der Waals surface area contributed by atoms with E-state index in [0.29, 0.717) is 37.6 Å². The van der Waals surface area contributed by atoms with Crippen molar-refractivity contribution in [3.63, 3.8) is 0 Å². The number of nitrogens with zero attached hydrogens (tertiary/aromatic N) is 1. The maximum Gasteiger partial charge on any atom is 0.130 e. The molecule has 0 bridgehead atoms. The first kappa shape index (κ1) is 14.9. The van der Waals surface area contributed by atoms with Crippen molar-refractivity contribution in [3.8, 4) is 0 Å². The van der Waals surface area contributed by atoms with Gasteiger partial charge in [0.1, 0.15) is 5.82 Å². The molecule has 0 heterocycles. The molecule has 1 aromatic rings. The normalized spacial score (nSPS) is 10.7. The van der Waals surface area contributed by atoms with E-state index in [0.717, 1.165) is 0 Å². The van der Waals surface area contributed by atoms with Crippen molar-refractivity contribution in [2.24, 2.45) is 0 Å². The Bertz CT molecular complexity index is 352. The largest absolute Gasteiger partial charge is 0.391 e. The van der Waals surface area contributed by atoms with Gasteiger partial charge in [-0.1, -0.05) is 6.07 Å². The molecule has 0 saturated carbocycles. The van der Waals surface area contributed by atoms with Gasteiger partial charge in [-0.15, -0.1) is 0 Å². The Morgan fingerprint density at radius 2 is 1.78 bits per heavy atom. The van der Waals surface area contributed by atoms with E-state index in [1.807, 2.05) is 4.90 Å². The maximum atomic E-state index is 13.6. The number of hydrogen-bond donors (Lipinski definition) is 1. The smallest absolute Gasteiger partial charge is 0.130 e. The first-order valence-corrected chi connectivity index (χ1v) is 5.85. The van der Waals surface area contributed by atoms with E-state index >= 15 is 0 Å². The number of ether oxygens (including phenoxy) is 2. The summed E-state index contributed by atoms with van der Waals surface area (Å²) in [6.07, 6.45) is 0. The van der Waals surface area contributed by atoms with E-state index in [9.17, 15) is 9.50 Å². The minimum absolute atomic E-state index is 0.310. The van der Waals surface area contributed by atoms with Crippen LogP contribution in [0.2, 0.25) is 0 Å². The number of rotatable bonds is 8. The van der Waals surface area contributed by atoms with Crippen LogP contribution < -0.4 is 4.90 Å². The second-order valence-electron chi connectivity index (χ2n) is 3.87. The van der Waals surface area contributed by atoms with Gasteiger partial charge in [-0.05, 0) is 12.1 Å². The number of aliphatic hydroxyl groups excluding tert-OH is 1. The molecular formula is C13H20FNO3. The van der Waals surface area contributed by atoms with Gasteiger partial charge in [0.2, 0.25) is 0 Å². The van der Waals surface area contributed by atoms with Gasteiger partial charge < -0.3 is 19.5 Å². The Morgan fingerprint density at radius 3 is 2.28 bits per heavy atom. The highest BCUT2D eigenvalue weighted by atomic mass is 19.1. The molecule has 1 rings (SSSR count). The lowest BCUT2D eigenvalue weighted by molar-refractivity contribution is 0.190. The molecule has 0 unspecified atom stereocenters. The van der Waals surface area contributed by atoms with Gasteiger partial charge >= 0.3 is 0 Å². The van der Waals surface area contributed by atoms with E-state index in [1.165, 1.54) is 6.07 Å². The molecule has 4 nitrogen and oxygen atoms in total. The van der Waals surface area contributed by atoms with Crippen molar-refractivity contribution >= 4 is 5.69 Å². The molecule has 0 spiro atoms. The summed E-state index contributed by atoms with van der Waals surface area (Å²) in [4.78, 5) is 1.95. The predicted molar refractivity (Wildman–Crippen MR) is 68.3 cm³/mol. The number of halogens is 1. The van der Waals surface area contributed by atoms with Crippen LogP contribution in [0.3, 0.4) is 0 Å². The molecule has 0 atom stereocenters. The Hall–Kier alpha value is -1.17. The van der Waals surface area contributed by atoms with Crippen molar-refractivity contribution in [1.82, 2.24) is 0 Å². The molecule has 18 heavy (non-hydrogen) atoms. The Labute approximate surface area is 107 Å². The van der Waals surface area contributed by atoms with Gasteiger partial charge in [-0.25, -0.2) is 4.39 Å². The van der Waals surface area contributed by atoms with Crippen molar-refractivity contribution < 1.29 is 19.0 Å². The van der Waals surface area contributed by atoms with Crippen LogP contribution >= 0.6 is 0 Å². The second-order valence-corrected chi connectivity index (χ2v) is 3.87. The van der Waals surface area contributed by atoms with Gasteiger partial charge in [-0.3, -0.25) is 0 Å². The minimum Gasteiger partial charge on any atom is -0.391 e. The lowest BCUT2D eigenvalue weighted by Gasteiger charge is -2.26. The molecule has 0 saturated heterocycles. The fourth-order valence-electron chi connectivity index (χ4n) is 1.76. The highest BCUT2D eigenvalue weighted by molar-refractivity contribution is 5.54. The highest BCUT2D eigenvalue weighted by Crippen LogP contribution is 2.23. The van der Waals surface area contributed by atoms with Gasteiger partial charge in [0.25, 0.3) is 0 Å². The summed E-state index contributed by atoms with van der Waals surface area (Å²) in [5.41, 5.74) is 0.997. The third-order valence-electron chi connectivity index (χ3n) is 2.72. The van der Waals surface area contributed by atoms with Crippen LogP contribution in [0.15, 0.2) is 18.2 Å². The summed E-state index contributed by atoms with van der Waals surface area (Å²) in [7, 11) is 3.24. The molecule has 0 aromatic heterocycles. The van der Waals surface area contributed by atoms with Crippen LogP contribution in [0.4, 0.5) is 10.1 Å². The molecule has 0 amide bonds. The standard InChI is InChI=1S/C13H20FNO3/c1-17-8-6-15(7-9-18-2)13-5-3-4-12(14)11(13)10-16/h3-5,16H,6-10H2,1-2H3. The van der Waals surface area contributed by atoms with Gasteiger partial charge in [0.15, 0.2) is 0 Å². The number of methoxy groups -OCH3 is 2. The zero-order chi connectivity index (χ0) is 13.4. The number of hydrogen-bond acceptors (Lipinski definition) is 4. The summed E-state index contributed by atoms with van der Waals surface area (Å²) in [5.74, 6) is -0.394. The summed E-state index contributed by atoms with van der Waals surface area (Å²) in [6, 6.07) is 4.77. The fraction of sp³-hybridized carbons (Fsp3) is 0.538. The van der Waals surface area contributed by atoms with Crippen molar-refractivity contribution in [2.45, 2.75) is 6.61 Å². The highest BCUT2D eigenvalue weighted by Gasteiger charge is 2.13. The van der Waals surface area contributed by atoms with E-state index in [1.54, 1.807) is 26.4 Å². The first-order chi connectivity index (χ1) is 8.74. The van der Waals surface area contributed by atoms with E-state index < -0.39 is 5.82 Å². The van der Waals surface area contributed by atoms with Gasteiger partial charge in [0.05, 0.1) is 19.8 Å². The van der Waals surface area contributed by atoms with Crippen molar-refractivity contribution in [2.75, 3.05) is 45.4 Å². The molecule has 0 radical (unpaired) electrons. The summed E-state index contributed by atoms with van der Waals surface area (Å²) < 4.78 is 23.7. The second kappa shape index (κ2) is 8.02. The van der Waals surface area contributed by atoms with Crippen LogP contribution in [-0.4, -0.2) is 45.6 Å². The van der Waals surface area contributed by atoms with Crippen LogP contribution in [0.5, 0.6) is 0 Å². The van der Waals surface area contributed by atoms with Crippen LogP contribution in [0, 0.1) is 5.82 Å². The molecule has 5 heteroatoms. The van der Waals surface area contributed by atoms with Crippen LogP contribution in [0.25, 0.3) is 0 Å². The number of anilines is 1. The number of benzene rings is 1. The van der Waals surface area contributed by atoms with E-state index in [-0.39, 0.29) is 6.61 Å². The van der Waals surface area contributed by atoms with Crippen molar-refractivity contribution in [1.29, 1.82) is 0 Å². The lowest BCUT2D eigenvalue weighted by Crippen LogP contribution is -2.31. The molecule has 0 aliphatic heterocycles. The topological polar surface area (TPSA) is 41.9 Å². The lowest BCUT2D eigenvalue weighted by atomic mass is 10.1. The maximum absolute atomic E-state index is 13.6. The Kier molecular flexibility index (Phi) is 6.64. The Morgan fingerprint density at radius 1 is 1.17 bits per heavy atom. The minimum atomic E-state index is -0.394. The molecule has 0 aliphatic carbocycles. The zero-order valence-electron chi connectivity index (χ0n) is 10.9. The quantitative estimate of drug-likeness (QED) is 0.764. The SMILES string of the molecule is COCCN(CCOC)c1cccc(F)c1CO. The average Bonchev–Trinajstić information content (AvgIpc) is 2.39. The van der Waals surface area contributed by atoms with Crippen molar-refractivity contribution in [3.05, 3.63) is 29.6 Å². The Balaban J connectivity index is 2.91. The summed E-state index contributed by atoms with van der Waals surface area (Å²) >= 11 is 0. The molecule has 1 aromatic carbocycles. The van der Waals surface area contributed by atoms with Crippen LogP contribution in [0.1, 0.15) is 5.56 Å². The summed E-state index contributed by atoms with van der Waals surface area (Å²) in [6.45, 7) is 1.99. The van der Waals surface area contributed by atoms with Crippen LogP contribution in [-0.2, 0) is 16.1 Å². The predicted octanol–water partition coefficient (Wildman–Crippen LogP) is 1.42. The fourth-order valence-corrected chi connectivity index (χ4v) is 1.76. The third-order valence-corrected chi connectivity index (χ3v) is 2.72. The molecular weight excluding hydrogens is 237 g/mol. The number of aliphatic hydroxyl groups is 1. The zero-order valence-corrected chi connectivity index (χ0v) is 10.9. The van der Waals surface area contributed by atoms with Gasteiger partial charge in [0, 0.05) is 38.6 Å². The first-order valence-electron chi connectivity index (χ1n) is 5.85. The summed E-state index contributed by atoms with van der Waals surface area (Å²) in [5, 5.41) is 9.27. The van der Waals surface area contributed by atoms with E-state index in [4.69, 9.17) is 9.47 Å². The molecule has 0 fully saturated rings. The monoisotopic (exact) mass is 257 g/mol.